The molecule has 1 aliphatic carbocycles. The van der Waals surface area contributed by atoms with Crippen LogP contribution in [0.25, 0.3) is 5.69 Å². The summed E-state index contributed by atoms with van der Waals surface area (Å²) in [6, 6.07) is 18.1. The van der Waals surface area contributed by atoms with E-state index >= 15 is 0 Å². The van der Waals surface area contributed by atoms with Crippen LogP contribution in [0.15, 0.2) is 48.5 Å². The quantitative estimate of drug-likeness (QED) is 0.624. The Morgan fingerprint density at radius 3 is 2.73 bits per heavy atom. The molecule has 0 fully saturated rings. The molecule has 168 valence electrons. The van der Waals surface area contributed by atoms with Gasteiger partial charge in [0.05, 0.1) is 12.1 Å². The van der Waals surface area contributed by atoms with Gasteiger partial charge in [0.15, 0.2) is 11.5 Å². The second-order valence-corrected chi connectivity index (χ2v) is 8.55. The number of carbonyl (C=O) groups is 1. The van der Waals surface area contributed by atoms with Gasteiger partial charge in [-0.1, -0.05) is 24.3 Å². The number of nitriles is 1. The highest BCUT2D eigenvalue weighted by Gasteiger charge is 2.27. The Morgan fingerprint density at radius 1 is 1.12 bits per heavy atom. The average Bonchev–Trinajstić information content (AvgIpc) is 3.41. The summed E-state index contributed by atoms with van der Waals surface area (Å²) in [6.07, 6.45) is 3.91. The number of likely N-dealkylation sites (N-methyl/N-ethyl adjacent to an activating group) is 1. The molecule has 0 unspecified atom stereocenters. The predicted molar refractivity (Wildman–Crippen MR) is 125 cm³/mol. The largest absolute Gasteiger partial charge is 0.454 e. The minimum Gasteiger partial charge on any atom is -0.454 e. The molecule has 3 aromatic rings. The first kappa shape index (κ1) is 21.1. The van der Waals surface area contributed by atoms with Gasteiger partial charge in [0.2, 0.25) is 12.7 Å². The van der Waals surface area contributed by atoms with Crippen molar-refractivity contribution in [2.45, 2.75) is 32.2 Å². The maximum absolute atomic E-state index is 13.0. The second kappa shape index (κ2) is 9.00. The summed E-state index contributed by atoms with van der Waals surface area (Å²) in [7, 11) is 1.90. The van der Waals surface area contributed by atoms with Crippen LogP contribution in [0.5, 0.6) is 11.5 Å². The van der Waals surface area contributed by atoms with Crippen molar-refractivity contribution in [3.8, 4) is 23.3 Å². The maximum Gasteiger partial charge on any atom is 0.239 e. The van der Waals surface area contributed by atoms with Crippen molar-refractivity contribution in [1.82, 2.24) is 9.47 Å². The van der Waals surface area contributed by atoms with Crippen molar-refractivity contribution in [1.29, 1.82) is 5.26 Å². The summed E-state index contributed by atoms with van der Waals surface area (Å²) in [5.74, 6) is 1.91. The molecule has 7 nitrogen and oxygen atoms in total. The highest BCUT2D eigenvalue weighted by Crippen LogP contribution is 2.36. The number of hydrogen-bond acceptors (Lipinski definition) is 5. The summed E-state index contributed by atoms with van der Waals surface area (Å²) in [4.78, 5) is 15.0. The van der Waals surface area contributed by atoms with E-state index < -0.39 is 0 Å². The first-order chi connectivity index (χ1) is 16.1. The molecular weight excluding hydrogens is 416 g/mol. The number of hydrogen-bond donors (Lipinski definition) is 1. The van der Waals surface area contributed by atoms with Gasteiger partial charge in [-0.2, -0.15) is 5.26 Å². The third kappa shape index (κ3) is 4.18. The van der Waals surface area contributed by atoms with E-state index in [0.717, 1.165) is 59.7 Å². The Hall–Kier alpha value is -3.76. The number of anilines is 1. The molecule has 1 N–H and O–H groups in total. The lowest BCUT2D eigenvalue weighted by Crippen LogP contribution is -2.30. The normalized spacial score (nSPS) is 14.1. The minimum absolute atomic E-state index is 0.151. The number of fused-ring (bicyclic) bond motifs is 2. The molecule has 33 heavy (non-hydrogen) atoms. The predicted octanol–water partition coefficient (Wildman–Crippen LogP) is 4.03. The van der Waals surface area contributed by atoms with E-state index in [1.54, 1.807) is 0 Å². The Labute approximate surface area is 193 Å². The monoisotopic (exact) mass is 442 g/mol. The fraction of sp³-hybridized carbons (Fsp3) is 0.308. The van der Waals surface area contributed by atoms with Crippen molar-refractivity contribution in [2.75, 3.05) is 25.7 Å². The van der Waals surface area contributed by atoms with Crippen LogP contribution in [-0.2, 0) is 24.2 Å². The summed E-state index contributed by atoms with van der Waals surface area (Å²) in [6.45, 7) is 1.03. The second-order valence-electron chi connectivity index (χ2n) is 8.55. The van der Waals surface area contributed by atoms with Gasteiger partial charge in [0, 0.05) is 17.9 Å². The first-order valence-electron chi connectivity index (χ1n) is 11.2. The maximum atomic E-state index is 13.0. The summed E-state index contributed by atoms with van der Waals surface area (Å²) < 4.78 is 12.9. The lowest BCUT2D eigenvalue weighted by molar-refractivity contribution is -0.117. The van der Waals surface area contributed by atoms with Crippen molar-refractivity contribution < 1.29 is 14.3 Å². The lowest BCUT2D eigenvalue weighted by atomic mass is 9.95. The molecule has 0 bridgehead atoms. The van der Waals surface area contributed by atoms with Crippen LogP contribution in [0.4, 0.5) is 5.82 Å². The molecule has 2 heterocycles. The van der Waals surface area contributed by atoms with E-state index in [9.17, 15) is 10.1 Å². The summed E-state index contributed by atoms with van der Waals surface area (Å²) >= 11 is 0. The van der Waals surface area contributed by atoms with Crippen molar-refractivity contribution >= 4 is 11.7 Å². The van der Waals surface area contributed by atoms with Gasteiger partial charge in [-0.15, -0.1) is 0 Å². The van der Waals surface area contributed by atoms with Crippen LogP contribution in [0, 0.1) is 11.3 Å². The van der Waals surface area contributed by atoms with E-state index in [0.29, 0.717) is 17.9 Å². The van der Waals surface area contributed by atoms with E-state index in [-0.39, 0.29) is 19.2 Å². The van der Waals surface area contributed by atoms with Gasteiger partial charge in [0.25, 0.3) is 0 Å². The number of para-hydroxylation sites is 1. The first-order valence-corrected chi connectivity index (χ1v) is 11.2. The Kier molecular flexibility index (Phi) is 5.76. The zero-order chi connectivity index (χ0) is 22.8. The lowest BCUT2D eigenvalue weighted by Gasteiger charge is -2.19. The molecule has 5 rings (SSSR count). The molecule has 1 amide bonds. The van der Waals surface area contributed by atoms with Gasteiger partial charge in [-0.25, -0.2) is 0 Å². The Morgan fingerprint density at radius 2 is 1.91 bits per heavy atom. The Balaban J connectivity index is 1.37. The summed E-state index contributed by atoms with van der Waals surface area (Å²) in [5, 5.41) is 13.0. The molecule has 0 saturated carbocycles. The van der Waals surface area contributed by atoms with Crippen LogP contribution in [0.1, 0.15) is 35.2 Å². The molecular formula is C26H26N4O3. The van der Waals surface area contributed by atoms with E-state index in [1.807, 2.05) is 60.5 Å². The number of ether oxygens (including phenoxy) is 2. The third-order valence-electron chi connectivity index (χ3n) is 6.16. The van der Waals surface area contributed by atoms with Gasteiger partial charge in [0.1, 0.15) is 11.9 Å². The molecule has 0 radical (unpaired) electrons. The zero-order valence-electron chi connectivity index (χ0n) is 18.6. The fourth-order valence-electron chi connectivity index (χ4n) is 4.72. The molecule has 0 spiro atoms. The number of aromatic nitrogens is 1. The van der Waals surface area contributed by atoms with Crippen LogP contribution in [0.2, 0.25) is 0 Å². The molecule has 2 aromatic carbocycles. The number of nitrogens with one attached hydrogen (secondary N) is 1. The van der Waals surface area contributed by atoms with Gasteiger partial charge >= 0.3 is 0 Å². The van der Waals surface area contributed by atoms with E-state index in [2.05, 4.69) is 16.0 Å². The van der Waals surface area contributed by atoms with Crippen molar-refractivity contribution in [3.05, 3.63) is 70.9 Å². The van der Waals surface area contributed by atoms with Crippen LogP contribution in [0.3, 0.4) is 0 Å². The molecule has 0 atom stereocenters. The molecule has 0 saturated heterocycles. The highest BCUT2D eigenvalue weighted by molar-refractivity contribution is 5.93. The average molecular weight is 443 g/mol. The van der Waals surface area contributed by atoms with Gasteiger partial charge < -0.3 is 14.8 Å². The standard InChI is InChI=1S/C26H26N4O3/c1-29(15-18-11-12-23-24(13-18)33-17-32-23)16-25(31)28-26-21(14-27)20-9-5-6-10-22(20)30(26)19-7-3-2-4-8-19/h2-4,7-8,11-13H,5-6,9-10,15-17H2,1H3,(H,28,31). The zero-order valence-corrected chi connectivity index (χ0v) is 18.6. The number of carbonyl (C=O) groups excluding carboxylic acids is 1. The van der Waals surface area contributed by atoms with Crippen LogP contribution in [-0.4, -0.2) is 35.8 Å². The van der Waals surface area contributed by atoms with Gasteiger partial charge in [-0.3, -0.25) is 14.3 Å². The van der Waals surface area contributed by atoms with E-state index in [4.69, 9.17) is 9.47 Å². The van der Waals surface area contributed by atoms with Crippen molar-refractivity contribution in [3.63, 3.8) is 0 Å². The number of rotatable bonds is 6. The summed E-state index contributed by atoms with van der Waals surface area (Å²) in [5.41, 5.74) is 4.78. The minimum atomic E-state index is -0.151. The molecule has 2 aliphatic rings. The molecule has 1 aromatic heterocycles. The van der Waals surface area contributed by atoms with E-state index in [1.165, 1.54) is 0 Å². The van der Waals surface area contributed by atoms with Gasteiger partial charge in [-0.05, 0) is 68.1 Å². The smallest absolute Gasteiger partial charge is 0.239 e. The Bertz CT molecular complexity index is 1230. The fourth-order valence-corrected chi connectivity index (χ4v) is 4.72. The molecule has 7 heteroatoms. The number of benzene rings is 2. The van der Waals surface area contributed by atoms with Crippen LogP contribution < -0.4 is 14.8 Å². The molecule has 1 aliphatic heterocycles. The number of amides is 1. The topological polar surface area (TPSA) is 79.5 Å². The van der Waals surface area contributed by atoms with Crippen LogP contribution >= 0.6 is 0 Å². The SMILES string of the molecule is CN(CC(=O)Nc1c(C#N)c2c(n1-c1ccccc1)CCCC2)Cc1ccc2c(c1)OCO2. The number of nitrogens with zero attached hydrogens (tertiary/aromatic N) is 3. The van der Waals surface area contributed by atoms with Crippen molar-refractivity contribution in [2.24, 2.45) is 0 Å². The highest BCUT2D eigenvalue weighted by atomic mass is 16.7. The third-order valence-corrected chi connectivity index (χ3v) is 6.16.